The Morgan fingerprint density at radius 1 is 0.756 bits per heavy atom. The van der Waals surface area contributed by atoms with Gasteiger partial charge in [-0.1, -0.05) is 27.0 Å². The predicted molar refractivity (Wildman–Crippen MR) is 150 cm³/mol. The number of esters is 1. The molecule has 0 saturated heterocycles. The quantitative estimate of drug-likeness (QED) is 0.143. The van der Waals surface area contributed by atoms with Crippen LogP contribution in [0.5, 0.6) is 0 Å². The van der Waals surface area contributed by atoms with Gasteiger partial charge in [0.05, 0.1) is 12.2 Å². The molecule has 224 valence electrons. The fourth-order valence-electron chi connectivity index (χ4n) is 4.36. The molecule has 0 N–H and O–H groups in total. The molecule has 41 heavy (non-hydrogen) atoms. The second-order valence-electron chi connectivity index (χ2n) is 8.98. The minimum absolute atomic E-state index is 0. The van der Waals surface area contributed by atoms with Crippen LogP contribution in [0.2, 0.25) is 0 Å². The van der Waals surface area contributed by atoms with Crippen LogP contribution < -0.4 is 0 Å². The van der Waals surface area contributed by atoms with Gasteiger partial charge in [-0.3, -0.25) is 4.79 Å². The monoisotopic (exact) mass is 620 g/mol. The van der Waals surface area contributed by atoms with E-state index in [1.54, 1.807) is 0 Å². The highest BCUT2D eigenvalue weighted by molar-refractivity contribution is 7.12. The third-order valence-corrected chi connectivity index (χ3v) is 8.35. The maximum Gasteiger partial charge on any atom is 0.380 e. The number of rotatable bonds is 8. The Hall–Kier alpha value is -2.96. The zero-order valence-corrected chi connectivity index (χ0v) is 22.7. The van der Waals surface area contributed by atoms with E-state index in [9.17, 15) is 18.4 Å². The topological polar surface area (TPSA) is 52.6 Å². The third-order valence-electron chi connectivity index (χ3n) is 6.30. The molecule has 3 aromatic rings. The number of thiophene rings is 2. The van der Waals surface area contributed by atoms with Crippen molar-refractivity contribution in [3.05, 3.63) is 78.2 Å². The molecule has 1 aliphatic rings. The molecule has 0 bridgehead atoms. The molecular formula is C29H30F6O4S2. The molecule has 1 aromatic carbocycles. The van der Waals surface area contributed by atoms with E-state index < -0.39 is 52.6 Å². The SMILES string of the molecule is C.C.COCc1cc(C2=C(c3cc(COC(=O)c4ccc(C(C)=O)cc4)sc3C)C(F)(F)C(F)(F)C2(F)F)c(C)s1. The summed E-state index contributed by atoms with van der Waals surface area (Å²) < 4.78 is 100. The van der Waals surface area contributed by atoms with Crippen molar-refractivity contribution in [2.75, 3.05) is 7.11 Å². The molecule has 0 aliphatic heterocycles. The van der Waals surface area contributed by atoms with E-state index in [0.29, 0.717) is 10.4 Å². The molecule has 1 aliphatic carbocycles. The van der Waals surface area contributed by atoms with Crippen LogP contribution >= 0.6 is 22.7 Å². The van der Waals surface area contributed by atoms with Gasteiger partial charge in [0.25, 0.3) is 0 Å². The maximum absolute atomic E-state index is 15.2. The number of Topliss-reactive ketones (excluding diaryl/α,β-unsaturated/α-hetero) is 1. The van der Waals surface area contributed by atoms with Gasteiger partial charge in [-0.15, -0.1) is 22.7 Å². The molecule has 0 radical (unpaired) electrons. The van der Waals surface area contributed by atoms with Crippen molar-refractivity contribution in [1.29, 1.82) is 0 Å². The highest BCUT2D eigenvalue weighted by atomic mass is 32.1. The summed E-state index contributed by atoms with van der Waals surface area (Å²) in [5.74, 6) is -17.0. The highest BCUT2D eigenvalue weighted by Gasteiger charge is 2.80. The van der Waals surface area contributed by atoms with Crippen LogP contribution in [0.1, 0.15) is 73.1 Å². The molecule has 0 fully saturated rings. The first-order valence-corrected chi connectivity index (χ1v) is 13.1. The third kappa shape index (κ3) is 5.74. The van der Waals surface area contributed by atoms with Gasteiger partial charge < -0.3 is 9.47 Å². The van der Waals surface area contributed by atoms with Crippen molar-refractivity contribution in [2.45, 2.75) is 66.6 Å². The fraction of sp³-hybridized carbons (Fsp3) is 0.379. The van der Waals surface area contributed by atoms with E-state index in [0.717, 1.165) is 28.7 Å². The zero-order valence-electron chi connectivity index (χ0n) is 21.1. The van der Waals surface area contributed by atoms with E-state index in [4.69, 9.17) is 9.47 Å². The summed E-state index contributed by atoms with van der Waals surface area (Å²) in [5, 5.41) is 0. The molecule has 0 unspecified atom stereocenters. The molecule has 0 saturated carbocycles. The van der Waals surface area contributed by atoms with Crippen LogP contribution in [0, 0.1) is 13.8 Å². The highest BCUT2D eigenvalue weighted by Crippen LogP contribution is 2.65. The van der Waals surface area contributed by atoms with Gasteiger partial charge in [-0.2, -0.15) is 26.3 Å². The van der Waals surface area contributed by atoms with E-state index in [1.807, 2.05) is 0 Å². The summed E-state index contributed by atoms with van der Waals surface area (Å²) in [6, 6.07) is 7.88. The smallest absolute Gasteiger partial charge is 0.380 e. The molecule has 2 aromatic heterocycles. The van der Waals surface area contributed by atoms with Crippen molar-refractivity contribution >= 4 is 45.6 Å². The van der Waals surface area contributed by atoms with Crippen molar-refractivity contribution in [2.24, 2.45) is 0 Å². The molecule has 4 rings (SSSR count). The molecule has 12 heteroatoms. The molecule has 0 spiro atoms. The minimum atomic E-state index is -5.67. The predicted octanol–water partition coefficient (Wildman–Crippen LogP) is 9.23. The Labute approximate surface area is 242 Å². The standard InChI is InChI=1S/C27H22F6O4S2.2CH4/c1-13(34)16-5-7-17(8-6-16)24(35)37-12-19-10-21(15(3)39-19)23-22(20-9-18(11-36-4)38-14(20)2)25(28,29)27(32,33)26(23,30)31;;/h5-10H,11-12H2,1-4H3;2*1H4. The van der Waals surface area contributed by atoms with E-state index >= 15 is 17.6 Å². The van der Waals surface area contributed by atoms with Crippen LogP contribution in [0.4, 0.5) is 26.3 Å². The van der Waals surface area contributed by atoms with Crippen LogP contribution in [-0.2, 0) is 22.7 Å². The lowest BCUT2D eigenvalue weighted by molar-refractivity contribution is -0.254. The number of ketones is 1. The zero-order chi connectivity index (χ0) is 28.9. The largest absolute Gasteiger partial charge is 0.456 e. The summed E-state index contributed by atoms with van der Waals surface area (Å²) in [6.07, 6.45) is 0. The van der Waals surface area contributed by atoms with Crippen LogP contribution in [-0.4, -0.2) is 36.6 Å². The Morgan fingerprint density at radius 3 is 1.59 bits per heavy atom. The second kappa shape index (κ2) is 12.1. The summed E-state index contributed by atoms with van der Waals surface area (Å²) in [4.78, 5) is 24.7. The van der Waals surface area contributed by atoms with Gasteiger partial charge in [-0.05, 0) is 56.2 Å². The molecule has 0 atom stereocenters. The normalized spacial score (nSPS) is 16.6. The first-order valence-electron chi connectivity index (χ1n) is 11.5. The van der Waals surface area contributed by atoms with Gasteiger partial charge in [-0.25, -0.2) is 4.79 Å². The van der Waals surface area contributed by atoms with E-state index in [1.165, 1.54) is 58.2 Å². The molecule has 4 nitrogen and oxygen atoms in total. The fourth-order valence-corrected chi connectivity index (χ4v) is 6.34. The van der Waals surface area contributed by atoms with Crippen LogP contribution in [0.25, 0.3) is 11.1 Å². The number of carbonyl (C=O) groups excluding carboxylic acids is 2. The van der Waals surface area contributed by atoms with Crippen molar-refractivity contribution in [3.8, 4) is 0 Å². The number of aryl methyl sites for hydroxylation is 2. The Balaban J connectivity index is 0.00000294. The number of alkyl halides is 6. The number of hydrogen-bond donors (Lipinski definition) is 0. The summed E-state index contributed by atoms with van der Waals surface area (Å²) in [5.41, 5.74) is -3.23. The van der Waals surface area contributed by atoms with E-state index in [2.05, 4.69) is 0 Å². The lowest BCUT2D eigenvalue weighted by Gasteiger charge is -2.25. The summed E-state index contributed by atoms with van der Waals surface area (Å²) >= 11 is 1.85. The first kappa shape index (κ1) is 34.2. The maximum atomic E-state index is 15.2. The van der Waals surface area contributed by atoms with Crippen molar-refractivity contribution < 1.29 is 45.4 Å². The molecular weight excluding hydrogens is 590 g/mol. The molecule has 0 amide bonds. The van der Waals surface area contributed by atoms with Crippen LogP contribution in [0.3, 0.4) is 0 Å². The number of benzene rings is 1. The lowest BCUT2D eigenvalue weighted by atomic mass is 9.95. The Kier molecular flexibility index (Phi) is 10.1. The Bertz CT molecular complexity index is 1470. The number of methoxy groups -OCH3 is 1. The first-order chi connectivity index (χ1) is 18.1. The lowest BCUT2D eigenvalue weighted by Crippen LogP contribution is -2.48. The summed E-state index contributed by atoms with van der Waals surface area (Å²) in [6.45, 7) is 3.69. The van der Waals surface area contributed by atoms with Gasteiger partial charge in [0, 0.05) is 43.3 Å². The number of allylic oxidation sites excluding steroid dienone is 2. The van der Waals surface area contributed by atoms with Gasteiger partial charge in [0.1, 0.15) is 6.61 Å². The number of carbonyl (C=O) groups is 2. The van der Waals surface area contributed by atoms with Gasteiger partial charge >= 0.3 is 23.7 Å². The number of hydrogen-bond acceptors (Lipinski definition) is 6. The van der Waals surface area contributed by atoms with Crippen molar-refractivity contribution in [1.82, 2.24) is 0 Å². The second-order valence-corrected chi connectivity index (χ2v) is 11.7. The molecule has 2 heterocycles. The number of ether oxygens (including phenoxy) is 2. The minimum Gasteiger partial charge on any atom is -0.456 e. The number of halogens is 6. The van der Waals surface area contributed by atoms with Crippen molar-refractivity contribution in [3.63, 3.8) is 0 Å². The average molecular weight is 621 g/mol. The van der Waals surface area contributed by atoms with Gasteiger partial charge in [0.15, 0.2) is 5.78 Å². The average Bonchev–Trinajstić information content (AvgIpc) is 3.43. The van der Waals surface area contributed by atoms with Gasteiger partial charge in [0.2, 0.25) is 0 Å². The Morgan fingerprint density at radius 2 is 1.17 bits per heavy atom. The summed E-state index contributed by atoms with van der Waals surface area (Å²) in [7, 11) is 1.36. The van der Waals surface area contributed by atoms with Crippen LogP contribution in [0.15, 0.2) is 36.4 Å². The van der Waals surface area contributed by atoms with E-state index in [-0.39, 0.29) is 47.4 Å².